The molecule has 180 valence electrons. The van der Waals surface area contributed by atoms with Gasteiger partial charge < -0.3 is 20.5 Å². The number of aliphatic hydroxyl groups excluding tert-OH is 1. The van der Waals surface area contributed by atoms with Crippen LogP contribution in [0.5, 0.6) is 5.75 Å². The van der Waals surface area contributed by atoms with Crippen molar-refractivity contribution in [3.05, 3.63) is 62.5 Å². The predicted molar refractivity (Wildman–Crippen MR) is 119 cm³/mol. The van der Waals surface area contributed by atoms with Gasteiger partial charge in [-0.2, -0.15) is 18.4 Å². The quantitative estimate of drug-likeness (QED) is 0.169. The highest BCUT2D eigenvalue weighted by atomic mass is 79.9. The Kier molecular flexibility index (Phi) is 8.52. The van der Waals surface area contributed by atoms with E-state index in [2.05, 4.69) is 21.2 Å². The number of amides is 2. The summed E-state index contributed by atoms with van der Waals surface area (Å²) in [6.45, 7) is 1.70. The van der Waals surface area contributed by atoms with Gasteiger partial charge in [0.05, 0.1) is 22.0 Å². The fourth-order valence-corrected chi connectivity index (χ4v) is 3.26. The molecular formula is C21H15BrClF4N3O4. The number of allylic oxidation sites excluding steroid dienone is 1. The minimum absolute atomic E-state index is 0.0731. The fraction of sp³-hybridized carbons (Fsp3) is 0.190. The van der Waals surface area contributed by atoms with Crippen molar-refractivity contribution in [3.8, 4) is 11.8 Å². The smallest absolute Gasteiger partial charge is 0.425 e. The number of rotatable bonds is 6. The van der Waals surface area contributed by atoms with Gasteiger partial charge in [-0.1, -0.05) is 17.7 Å². The summed E-state index contributed by atoms with van der Waals surface area (Å²) in [7, 11) is 0. The third-order valence-corrected chi connectivity index (χ3v) is 5.20. The maximum atomic E-state index is 14.7. The Morgan fingerprint density at radius 3 is 2.44 bits per heavy atom. The lowest BCUT2D eigenvalue weighted by Crippen LogP contribution is -2.32. The molecule has 0 aromatic heterocycles. The fourth-order valence-electron chi connectivity index (χ4n) is 2.46. The second-order valence-electron chi connectivity index (χ2n) is 6.71. The molecule has 0 radical (unpaired) electrons. The number of halogens is 6. The average Bonchev–Trinajstić information content (AvgIpc) is 2.72. The first-order chi connectivity index (χ1) is 15.8. The Morgan fingerprint density at radius 2 is 1.91 bits per heavy atom. The van der Waals surface area contributed by atoms with E-state index in [0.29, 0.717) is 23.5 Å². The van der Waals surface area contributed by atoms with Crippen LogP contribution in [0.15, 0.2) is 46.1 Å². The van der Waals surface area contributed by atoms with Crippen LogP contribution in [0.2, 0.25) is 5.02 Å². The van der Waals surface area contributed by atoms with E-state index < -0.39 is 58.2 Å². The summed E-state index contributed by atoms with van der Waals surface area (Å²) in [6, 6.07) is 7.16. The molecule has 0 aliphatic carbocycles. The number of nitriles is 1. The molecule has 34 heavy (non-hydrogen) atoms. The molecule has 2 aromatic carbocycles. The minimum atomic E-state index is -4.83. The van der Waals surface area contributed by atoms with Crippen molar-refractivity contribution in [2.75, 3.05) is 10.6 Å². The molecule has 0 unspecified atom stereocenters. The SMILES string of the molecule is C/C(O)=C(\C#N)C(=O)Nc1cc(O[C@@H](C)C(F)(F)F)c(C(=O)Nc2c(Cl)cccc2Br)cc1F. The number of alkyl halides is 3. The lowest BCUT2D eigenvalue weighted by atomic mass is 10.1. The zero-order valence-electron chi connectivity index (χ0n) is 17.4. The van der Waals surface area contributed by atoms with E-state index in [0.717, 1.165) is 6.92 Å². The van der Waals surface area contributed by atoms with Gasteiger partial charge in [0, 0.05) is 10.5 Å². The number of carbonyl (C=O) groups is 2. The number of nitrogens with one attached hydrogen (secondary N) is 2. The summed E-state index contributed by atoms with van der Waals surface area (Å²) in [6.07, 6.45) is -7.24. The van der Waals surface area contributed by atoms with Gasteiger partial charge in [-0.05, 0) is 48.0 Å². The topological polar surface area (TPSA) is 111 Å². The van der Waals surface area contributed by atoms with Gasteiger partial charge in [0.1, 0.15) is 23.4 Å². The van der Waals surface area contributed by atoms with Crippen LogP contribution in [0, 0.1) is 17.1 Å². The van der Waals surface area contributed by atoms with Crippen LogP contribution in [-0.2, 0) is 4.79 Å². The van der Waals surface area contributed by atoms with Crippen molar-refractivity contribution in [2.45, 2.75) is 26.1 Å². The van der Waals surface area contributed by atoms with Gasteiger partial charge in [-0.3, -0.25) is 9.59 Å². The third-order valence-electron chi connectivity index (χ3n) is 4.23. The number of hydrogen-bond acceptors (Lipinski definition) is 5. The predicted octanol–water partition coefficient (Wildman–Crippen LogP) is 6.12. The molecule has 13 heteroatoms. The maximum Gasteiger partial charge on any atom is 0.425 e. The molecule has 7 nitrogen and oxygen atoms in total. The standard InChI is InChI=1S/C21H15BrClF4N3O4/c1-9(31)12(8-28)20(33)29-16-7-17(34-10(2)21(25,26)27)11(6-15(16)24)19(32)30-18-13(22)4-3-5-14(18)23/h3-7,10,31H,1-2H3,(H,29,33)(H,30,32)/b12-9-/t10-/m0/s1. The molecule has 3 N–H and O–H groups in total. The average molecular weight is 565 g/mol. The van der Waals surface area contributed by atoms with Crippen molar-refractivity contribution < 1.29 is 37.0 Å². The molecule has 0 aliphatic rings. The van der Waals surface area contributed by atoms with Crippen LogP contribution >= 0.6 is 27.5 Å². The molecule has 2 rings (SSSR count). The number of carbonyl (C=O) groups excluding carboxylic acids is 2. The minimum Gasteiger partial charge on any atom is -0.511 e. The van der Waals surface area contributed by atoms with Crippen molar-refractivity contribution >= 4 is 50.7 Å². The molecule has 0 heterocycles. The van der Waals surface area contributed by atoms with Crippen molar-refractivity contribution in [1.82, 2.24) is 0 Å². The summed E-state index contributed by atoms with van der Waals surface area (Å²) >= 11 is 9.20. The Balaban J connectivity index is 2.54. The lowest BCUT2D eigenvalue weighted by molar-refractivity contribution is -0.189. The highest BCUT2D eigenvalue weighted by Gasteiger charge is 2.39. The normalized spacial score (nSPS) is 12.8. The monoisotopic (exact) mass is 563 g/mol. The van der Waals surface area contributed by atoms with E-state index in [1.807, 2.05) is 5.32 Å². The highest BCUT2D eigenvalue weighted by Crippen LogP contribution is 2.34. The summed E-state index contributed by atoms with van der Waals surface area (Å²) in [4.78, 5) is 24.9. The van der Waals surface area contributed by atoms with Crippen LogP contribution < -0.4 is 15.4 Å². The highest BCUT2D eigenvalue weighted by molar-refractivity contribution is 9.10. The molecule has 0 spiro atoms. The van der Waals surface area contributed by atoms with E-state index in [1.165, 1.54) is 18.2 Å². The number of benzene rings is 2. The number of ether oxygens (including phenoxy) is 1. The molecule has 0 aliphatic heterocycles. The second-order valence-corrected chi connectivity index (χ2v) is 7.97. The van der Waals surface area contributed by atoms with Gasteiger partial charge in [-0.15, -0.1) is 0 Å². The number of hydrogen-bond donors (Lipinski definition) is 3. The Hall–Kier alpha value is -3.30. The van der Waals surface area contributed by atoms with Gasteiger partial charge in [0.15, 0.2) is 11.7 Å². The van der Waals surface area contributed by atoms with Gasteiger partial charge in [0.25, 0.3) is 11.8 Å². The van der Waals surface area contributed by atoms with Crippen molar-refractivity contribution in [1.29, 1.82) is 5.26 Å². The van der Waals surface area contributed by atoms with Crippen LogP contribution in [0.4, 0.5) is 28.9 Å². The zero-order valence-corrected chi connectivity index (χ0v) is 19.7. The zero-order chi connectivity index (χ0) is 25.8. The second kappa shape index (κ2) is 10.8. The molecule has 0 bridgehead atoms. The summed E-state index contributed by atoms with van der Waals surface area (Å²) in [5, 5.41) is 22.7. The molecule has 1 atom stereocenters. The van der Waals surface area contributed by atoms with Crippen LogP contribution in [-0.4, -0.2) is 29.2 Å². The first-order valence-electron chi connectivity index (χ1n) is 9.19. The van der Waals surface area contributed by atoms with Crippen LogP contribution in [0.25, 0.3) is 0 Å². The van der Waals surface area contributed by atoms with E-state index in [4.69, 9.17) is 21.6 Å². The first kappa shape index (κ1) is 26.9. The molecule has 0 saturated carbocycles. The van der Waals surface area contributed by atoms with Crippen LogP contribution in [0.3, 0.4) is 0 Å². The number of aliphatic hydroxyl groups is 1. The van der Waals surface area contributed by atoms with Gasteiger partial charge >= 0.3 is 6.18 Å². The van der Waals surface area contributed by atoms with E-state index in [-0.39, 0.29) is 10.7 Å². The van der Waals surface area contributed by atoms with Crippen LogP contribution in [0.1, 0.15) is 24.2 Å². The lowest BCUT2D eigenvalue weighted by Gasteiger charge is -2.21. The Bertz CT molecular complexity index is 1190. The Labute approximate surface area is 204 Å². The molecule has 2 amide bonds. The maximum absolute atomic E-state index is 14.7. The largest absolute Gasteiger partial charge is 0.511 e. The van der Waals surface area contributed by atoms with E-state index in [9.17, 15) is 32.3 Å². The van der Waals surface area contributed by atoms with Crippen molar-refractivity contribution in [3.63, 3.8) is 0 Å². The molecule has 2 aromatic rings. The van der Waals surface area contributed by atoms with Gasteiger partial charge in [-0.25, -0.2) is 4.39 Å². The van der Waals surface area contributed by atoms with E-state index in [1.54, 1.807) is 6.07 Å². The number of anilines is 2. The first-order valence-corrected chi connectivity index (χ1v) is 10.4. The summed E-state index contributed by atoms with van der Waals surface area (Å²) in [5.74, 6) is -4.89. The molecular weight excluding hydrogens is 550 g/mol. The van der Waals surface area contributed by atoms with Gasteiger partial charge in [0.2, 0.25) is 0 Å². The van der Waals surface area contributed by atoms with E-state index >= 15 is 0 Å². The number of nitrogens with zero attached hydrogens (tertiary/aromatic N) is 1. The molecule has 0 fully saturated rings. The number of para-hydroxylation sites is 1. The summed E-state index contributed by atoms with van der Waals surface area (Å²) < 4.78 is 59.2. The molecule has 0 saturated heterocycles. The third kappa shape index (κ3) is 6.39. The van der Waals surface area contributed by atoms with Crippen molar-refractivity contribution in [2.24, 2.45) is 0 Å². The Morgan fingerprint density at radius 1 is 1.26 bits per heavy atom. The summed E-state index contributed by atoms with van der Waals surface area (Å²) in [5.41, 5.74) is -2.01.